The Bertz CT molecular complexity index is 1160. The van der Waals surface area contributed by atoms with Crippen LogP contribution < -0.4 is 0 Å². The number of carbonyl (C=O) groups excluding carboxylic acids is 1. The second kappa shape index (κ2) is 8.44. The summed E-state index contributed by atoms with van der Waals surface area (Å²) in [6.45, 7) is 3.37. The molecule has 0 aliphatic carbocycles. The third-order valence-electron chi connectivity index (χ3n) is 5.18. The number of rotatable bonds is 6. The van der Waals surface area contributed by atoms with Gasteiger partial charge in [-0.05, 0) is 37.1 Å². The highest BCUT2D eigenvalue weighted by Gasteiger charge is 2.32. The molecule has 2 N–H and O–H groups in total. The number of phenols is 1. The number of aromatic nitrogens is 1. The largest absolute Gasteiger partial charge is 0.503 e. The van der Waals surface area contributed by atoms with E-state index in [4.69, 9.17) is 11.6 Å². The summed E-state index contributed by atoms with van der Waals surface area (Å²) in [6.07, 6.45) is 1.47. The lowest BCUT2D eigenvalue weighted by Gasteiger charge is -2.14. The molecular formula is C22H20ClF2NO4. The number of carboxylic acids is 1. The summed E-state index contributed by atoms with van der Waals surface area (Å²) >= 11 is 5.97. The van der Waals surface area contributed by atoms with E-state index in [1.807, 2.05) is 6.92 Å². The molecule has 1 heterocycles. The molecule has 8 heteroatoms. The number of hydrogen-bond acceptors (Lipinski definition) is 3. The third-order valence-corrected chi connectivity index (χ3v) is 5.41. The van der Waals surface area contributed by atoms with Crippen molar-refractivity contribution in [2.24, 2.45) is 0 Å². The van der Waals surface area contributed by atoms with Crippen molar-refractivity contribution >= 4 is 34.4 Å². The van der Waals surface area contributed by atoms with Crippen LogP contribution in [0.2, 0.25) is 5.02 Å². The minimum Gasteiger partial charge on any atom is -0.503 e. The fourth-order valence-corrected chi connectivity index (χ4v) is 3.94. The molecule has 158 valence electrons. The van der Waals surface area contributed by atoms with Gasteiger partial charge in [0.05, 0.1) is 11.4 Å². The van der Waals surface area contributed by atoms with E-state index in [1.165, 1.54) is 19.1 Å². The molecule has 1 aromatic heterocycles. The van der Waals surface area contributed by atoms with Crippen LogP contribution in [-0.2, 0) is 4.79 Å². The van der Waals surface area contributed by atoms with Gasteiger partial charge in [0.15, 0.2) is 17.4 Å². The fourth-order valence-electron chi connectivity index (χ4n) is 3.75. The van der Waals surface area contributed by atoms with Gasteiger partial charge in [0.25, 0.3) is 5.91 Å². The lowest BCUT2D eigenvalue weighted by Crippen LogP contribution is -2.16. The molecule has 0 saturated carbocycles. The van der Waals surface area contributed by atoms with Crippen LogP contribution >= 0.6 is 11.6 Å². The predicted molar refractivity (Wildman–Crippen MR) is 109 cm³/mol. The number of phenolic OH excluding ortho intramolecular Hbond substituents is 1. The number of carboxylic acid groups (broad SMARTS) is 1. The molecule has 2 aromatic carbocycles. The van der Waals surface area contributed by atoms with Crippen molar-refractivity contribution in [3.05, 3.63) is 63.8 Å². The first-order valence-corrected chi connectivity index (χ1v) is 9.81. The van der Waals surface area contributed by atoms with Crippen molar-refractivity contribution in [1.82, 2.24) is 4.57 Å². The summed E-state index contributed by atoms with van der Waals surface area (Å²) < 4.78 is 30.2. The van der Waals surface area contributed by atoms with E-state index in [1.54, 1.807) is 12.1 Å². The molecule has 5 nitrogen and oxygen atoms in total. The molecule has 0 bridgehead atoms. The van der Waals surface area contributed by atoms with Gasteiger partial charge in [-0.25, -0.2) is 8.78 Å². The summed E-state index contributed by atoms with van der Waals surface area (Å²) in [5, 5.41) is 19.6. The molecule has 0 saturated heterocycles. The van der Waals surface area contributed by atoms with E-state index < -0.39 is 35.2 Å². The van der Waals surface area contributed by atoms with Crippen LogP contribution in [-0.4, -0.2) is 26.7 Å². The Kier molecular flexibility index (Phi) is 6.12. The maximum Gasteiger partial charge on any atom is 0.311 e. The van der Waals surface area contributed by atoms with Crippen LogP contribution in [0.15, 0.2) is 30.3 Å². The normalized spacial score (nSPS) is 12.3. The van der Waals surface area contributed by atoms with Crippen LogP contribution in [0.1, 0.15) is 53.7 Å². The Hall–Kier alpha value is -2.93. The van der Waals surface area contributed by atoms with E-state index in [9.17, 15) is 28.6 Å². The zero-order valence-electron chi connectivity index (χ0n) is 16.4. The molecule has 0 aliphatic heterocycles. The zero-order chi connectivity index (χ0) is 22.2. The summed E-state index contributed by atoms with van der Waals surface area (Å²) in [4.78, 5) is 25.2. The molecule has 30 heavy (non-hydrogen) atoms. The fraction of sp³-hybridized carbons (Fsp3) is 0.273. The third kappa shape index (κ3) is 3.65. The highest BCUT2D eigenvalue weighted by atomic mass is 35.5. The summed E-state index contributed by atoms with van der Waals surface area (Å²) in [7, 11) is 0. The van der Waals surface area contributed by atoms with Crippen LogP contribution in [0, 0.1) is 18.6 Å². The average molecular weight is 436 g/mol. The van der Waals surface area contributed by atoms with E-state index in [-0.39, 0.29) is 34.1 Å². The standard InChI is InChI=1S/C22H20ClF2NO4/c1-3-4-8-14(22(29)30)17-11(2)26(21(28)12-6-5-7-13(23)9-12)16-10-15(24)20(27)19(25)18(16)17/h5-7,9-10,14,27H,3-4,8H2,1-2H3,(H,29,30)/t14-/m0/s1. The van der Waals surface area contributed by atoms with Gasteiger partial charge in [-0.3, -0.25) is 14.2 Å². The van der Waals surface area contributed by atoms with E-state index in [0.29, 0.717) is 17.9 Å². The van der Waals surface area contributed by atoms with Gasteiger partial charge < -0.3 is 10.2 Å². The molecule has 0 aliphatic rings. The van der Waals surface area contributed by atoms with Gasteiger partial charge >= 0.3 is 5.97 Å². The summed E-state index contributed by atoms with van der Waals surface area (Å²) in [6, 6.07) is 6.88. The van der Waals surface area contributed by atoms with Gasteiger partial charge in [-0.15, -0.1) is 0 Å². The Balaban J connectivity index is 2.37. The van der Waals surface area contributed by atoms with E-state index >= 15 is 0 Å². The van der Waals surface area contributed by atoms with Crippen molar-refractivity contribution in [1.29, 1.82) is 0 Å². The van der Waals surface area contributed by atoms with Crippen molar-refractivity contribution in [3.63, 3.8) is 0 Å². The number of aromatic hydroxyl groups is 1. The number of aliphatic carboxylic acids is 1. The number of carbonyl (C=O) groups is 2. The number of fused-ring (bicyclic) bond motifs is 1. The maximum atomic E-state index is 15.0. The molecule has 0 amide bonds. The van der Waals surface area contributed by atoms with Crippen molar-refractivity contribution in [2.75, 3.05) is 0 Å². The molecule has 0 unspecified atom stereocenters. The quantitative estimate of drug-likeness (QED) is 0.525. The Labute approximate surface area is 176 Å². The lowest BCUT2D eigenvalue weighted by atomic mass is 9.91. The second-order valence-electron chi connectivity index (χ2n) is 7.10. The van der Waals surface area contributed by atoms with Gasteiger partial charge in [-0.1, -0.05) is 37.4 Å². The first-order chi connectivity index (χ1) is 14.2. The molecule has 3 rings (SSSR count). The molecule has 0 spiro atoms. The SMILES string of the molecule is CCCC[C@H](C(=O)O)c1c(C)n(C(=O)c2cccc(Cl)c2)c2cc(F)c(O)c(F)c12. The second-order valence-corrected chi connectivity index (χ2v) is 7.53. The number of nitrogens with zero attached hydrogens (tertiary/aromatic N) is 1. The maximum absolute atomic E-state index is 15.0. The zero-order valence-corrected chi connectivity index (χ0v) is 17.1. The topological polar surface area (TPSA) is 79.5 Å². The smallest absolute Gasteiger partial charge is 0.311 e. The van der Waals surface area contributed by atoms with Gasteiger partial charge in [0.2, 0.25) is 0 Å². The van der Waals surface area contributed by atoms with Gasteiger partial charge in [-0.2, -0.15) is 0 Å². The number of unbranched alkanes of at least 4 members (excludes halogenated alkanes) is 1. The van der Waals surface area contributed by atoms with Gasteiger partial charge in [0, 0.05) is 27.7 Å². The first-order valence-electron chi connectivity index (χ1n) is 9.43. The highest BCUT2D eigenvalue weighted by Crippen LogP contribution is 2.40. The van der Waals surface area contributed by atoms with E-state index in [2.05, 4.69) is 0 Å². The van der Waals surface area contributed by atoms with Crippen LogP contribution in [0.4, 0.5) is 8.78 Å². The van der Waals surface area contributed by atoms with Crippen LogP contribution in [0.3, 0.4) is 0 Å². The molecule has 3 aromatic rings. The number of halogens is 3. The average Bonchev–Trinajstić information content (AvgIpc) is 2.97. The lowest BCUT2D eigenvalue weighted by molar-refractivity contribution is -0.139. The number of benzene rings is 2. The molecule has 1 atom stereocenters. The Morgan fingerprint density at radius 3 is 2.53 bits per heavy atom. The first kappa shape index (κ1) is 21.8. The number of hydrogen-bond donors (Lipinski definition) is 2. The molecule has 0 fully saturated rings. The van der Waals surface area contributed by atoms with Crippen LogP contribution in [0.25, 0.3) is 10.9 Å². The van der Waals surface area contributed by atoms with E-state index in [0.717, 1.165) is 10.6 Å². The van der Waals surface area contributed by atoms with Crippen molar-refractivity contribution in [3.8, 4) is 5.75 Å². The minimum absolute atomic E-state index is 0.0501. The van der Waals surface area contributed by atoms with Crippen molar-refractivity contribution in [2.45, 2.75) is 39.0 Å². The van der Waals surface area contributed by atoms with Gasteiger partial charge in [0.1, 0.15) is 0 Å². The van der Waals surface area contributed by atoms with Crippen LogP contribution in [0.5, 0.6) is 5.75 Å². The summed E-state index contributed by atoms with van der Waals surface area (Å²) in [5.74, 6) is -6.68. The monoisotopic (exact) mass is 435 g/mol. The van der Waals surface area contributed by atoms with Crippen molar-refractivity contribution < 1.29 is 28.6 Å². The Morgan fingerprint density at radius 2 is 1.93 bits per heavy atom. The minimum atomic E-state index is -1.29. The molecular weight excluding hydrogens is 416 g/mol. The predicted octanol–water partition coefficient (Wildman–Crippen LogP) is 5.63. The Morgan fingerprint density at radius 1 is 1.23 bits per heavy atom. The molecule has 0 radical (unpaired) electrons. The summed E-state index contributed by atoms with van der Waals surface area (Å²) in [5.41, 5.74) is 0.239. The highest BCUT2D eigenvalue weighted by molar-refractivity contribution is 6.31.